The van der Waals surface area contributed by atoms with E-state index in [0.29, 0.717) is 17.9 Å². The van der Waals surface area contributed by atoms with Gasteiger partial charge < -0.3 is 19.6 Å². The van der Waals surface area contributed by atoms with Crippen molar-refractivity contribution < 1.29 is 19.1 Å². The lowest BCUT2D eigenvalue weighted by atomic mass is 10.1. The zero-order valence-corrected chi connectivity index (χ0v) is 12.3. The molecular formula is C16H19NO4. The standard InChI is InChI=1S/C16H19NO4/c1-10-8-12(21-15(10)16(18)19)9-17-11(2)13-6-4-5-7-14(13)20-3/h4-8,11,17H,9H2,1-3H3,(H,18,19)/t11-/m1/s1. The predicted octanol–water partition coefficient (Wildman–Crippen LogP) is 3.15. The molecule has 0 saturated carbocycles. The second-order valence-electron chi connectivity index (χ2n) is 4.87. The van der Waals surface area contributed by atoms with Crippen LogP contribution in [0, 0.1) is 6.92 Å². The van der Waals surface area contributed by atoms with E-state index in [-0.39, 0.29) is 11.8 Å². The zero-order valence-electron chi connectivity index (χ0n) is 12.3. The van der Waals surface area contributed by atoms with Crippen molar-refractivity contribution in [3.63, 3.8) is 0 Å². The molecule has 0 spiro atoms. The van der Waals surface area contributed by atoms with Crippen molar-refractivity contribution in [2.24, 2.45) is 0 Å². The lowest BCUT2D eigenvalue weighted by Crippen LogP contribution is -2.18. The summed E-state index contributed by atoms with van der Waals surface area (Å²) in [5, 5.41) is 12.3. The summed E-state index contributed by atoms with van der Waals surface area (Å²) in [5.41, 5.74) is 1.67. The molecule has 0 unspecified atom stereocenters. The minimum atomic E-state index is -1.04. The minimum Gasteiger partial charge on any atom is -0.496 e. The number of hydrogen-bond acceptors (Lipinski definition) is 4. The molecule has 0 saturated heterocycles. The van der Waals surface area contributed by atoms with E-state index in [4.69, 9.17) is 14.3 Å². The number of aryl methyl sites for hydroxylation is 1. The van der Waals surface area contributed by atoms with Crippen LogP contribution >= 0.6 is 0 Å². The number of aromatic carboxylic acids is 1. The summed E-state index contributed by atoms with van der Waals surface area (Å²) in [4.78, 5) is 10.9. The van der Waals surface area contributed by atoms with Gasteiger partial charge in [-0.3, -0.25) is 0 Å². The van der Waals surface area contributed by atoms with E-state index in [2.05, 4.69) is 5.32 Å². The molecule has 2 N–H and O–H groups in total. The second kappa shape index (κ2) is 6.45. The van der Waals surface area contributed by atoms with Gasteiger partial charge in [0, 0.05) is 17.2 Å². The minimum absolute atomic E-state index is 0.00301. The van der Waals surface area contributed by atoms with Crippen molar-refractivity contribution >= 4 is 5.97 Å². The number of benzene rings is 1. The van der Waals surface area contributed by atoms with Gasteiger partial charge in [0.2, 0.25) is 5.76 Å². The highest BCUT2D eigenvalue weighted by Gasteiger charge is 2.15. The molecule has 5 nitrogen and oxygen atoms in total. The van der Waals surface area contributed by atoms with Gasteiger partial charge in [0.25, 0.3) is 0 Å². The molecule has 1 heterocycles. The third-order valence-electron chi connectivity index (χ3n) is 3.35. The van der Waals surface area contributed by atoms with Crippen molar-refractivity contribution in [1.82, 2.24) is 5.32 Å². The highest BCUT2D eigenvalue weighted by molar-refractivity contribution is 5.86. The van der Waals surface area contributed by atoms with Gasteiger partial charge in [-0.05, 0) is 26.0 Å². The van der Waals surface area contributed by atoms with Crippen molar-refractivity contribution in [1.29, 1.82) is 0 Å². The van der Waals surface area contributed by atoms with Crippen LogP contribution in [0.3, 0.4) is 0 Å². The molecule has 2 aromatic rings. The molecule has 1 aromatic heterocycles. The maximum atomic E-state index is 10.9. The highest BCUT2D eigenvalue weighted by atomic mass is 16.5. The number of nitrogens with one attached hydrogen (secondary N) is 1. The zero-order chi connectivity index (χ0) is 15.4. The van der Waals surface area contributed by atoms with Gasteiger partial charge in [0.15, 0.2) is 0 Å². The van der Waals surface area contributed by atoms with Gasteiger partial charge in [0.1, 0.15) is 11.5 Å². The molecule has 0 aliphatic rings. The molecule has 0 aliphatic carbocycles. The molecule has 2 rings (SSSR count). The Balaban J connectivity index is 2.05. The molecule has 0 radical (unpaired) electrons. The number of carboxylic acid groups (broad SMARTS) is 1. The normalized spacial score (nSPS) is 12.1. The Labute approximate surface area is 123 Å². The average molecular weight is 289 g/mol. The largest absolute Gasteiger partial charge is 0.496 e. The van der Waals surface area contributed by atoms with Gasteiger partial charge in [-0.2, -0.15) is 0 Å². The van der Waals surface area contributed by atoms with Crippen LogP contribution in [-0.2, 0) is 6.54 Å². The van der Waals surface area contributed by atoms with Crippen molar-refractivity contribution in [3.8, 4) is 5.75 Å². The van der Waals surface area contributed by atoms with Gasteiger partial charge in [-0.15, -0.1) is 0 Å². The number of para-hydroxylation sites is 1. The van der Waals surface area contributed by atoms with Gasteiger partial charge in [-0.1, -0.05) is 18.2 Å². The number of carboxylic acids is 1. The first-order chi connectivity index (χ1) is 10.0. The fourth-order valence-corrected chi connectivity index (χ4v) is 2.24. The third kappa shape index (κ3) is 3.44. The van der Waals surface area contributed by atoms with E-state index in [1.165, 1.54) is 0 Å². The molecule has 1 atom stereocenters. The smallest absolute Gasteiger partial charge is 0.372 e. The first-order valence-corrected chi connectivity index (χ1v) is 6.71. The van der Waals surface area contributed by atoms with Gasteiger partial charge in [-0.25, -0.2) is 4.79 Å². The number of rotatable bonds is 6. The Bertz CT molecular complexity index is 633. The third-order valence-corrected chi connectivity index (χ3v) is 3.35. The fourth-order valence-electron chi connectivity index (χ4n) is 2.24. The highest BCUT2D eigenvalue weighted by Crippen LogP contribution is 2.25. The molecule has 21 heavy (non-hydrogen) atoms. The summed E-state index contributed by atoms with van der Waals surface area (Å²) >= 11 is 0. The molecular weight excluding hydrogens is 270 g/mol. The van der Waals surface area contributed by atoms with Crippen LogP contribution in [0.25, 0.3) is 0 Å². The van der Waals surface area contributed by atoms with E-state index in [1.54, 1.807) is 20.1 Å². The second-order valence-corrected chi connectivity index (χ2v) is 4.87. The summed E-state index contributed by atoms with van der Waals surface area (Å²) in [7, 11) is 1.64. The Morgan fingerprint density at radius 3 is 2.76 bits per heavy atom. The summed E-state index contributed by atoms with van der Waals surface area (Å²) in [6.07, 6.45) is 0. The average Bonchev–Trinajstić information content (AvgIpc) is 2.86. The fraction of sp³-hybridized carbons (Fsp3) is 0.312. The molecule has 0 bridgehead atoms. The maximum Gasteiger partial charge on any atom is 0.372 e. The molecule has 1 aromatic carbocycles. The summed E-state index contributed by atoms with van der Waals surface area (Å²) in [6.45, 7) is 4.19. The quantitative estimate of drug-likeness (QED) is 0.854. The maximum absolute atomic E-state index is 10.9. The van der Waals surface area contributed by atoms with E-state index in [0.717, 1.165) is 11.3 Å². The number of furan rings is 1. The molecule has 0 amide bonds. The number of ether oxygens (including phenoxy) is 1. The Morgan fingerprint density at radius 1 is 1.43 bits per heavy atom. The van der Waals surface area contributed by atoms with Crippen molar-refractivity contribution in [2.75, 3.05) is 7.11 Å². The van der Waals surface area contributed by atoms with Crippen LogP contribution in [-0.4, -0.2) is 18.2 Å². The Morgan fingerprint density at radius 2 is 2.14 bits per heavy atom. The molecule has 0 aliphatic heterocycles. The van der Waals surface area contributed by atoms with Crippen LogP contribution < -0.4 is 10.1 Å². The summed E-state index contributed by atoms with van der Waals surface area (Å²) in [6, 6.07) is 9.57. The van der Waals surface area contributed by atoms with Gasteiger partial charge in [0.05, 0.1) is 13.7 Å². The van der Waals surface area contributed by atoms with Crippen molar-refractivity contribution in [3.05, 3.63) is 53.0 Å². The lowest BCUT2D eigenvalue weighted by molar-refractivity contribution is 0.0659. The Kier molecular flexibility index (Phi) is 4.65. The predicted molar refractivity (Wildman–Crippen MR) is 78.7 cm³/mol. The molecule has 112 valence electrons. The van der Waals surface area contributed by atoms with E-state index < -0.39 is 5.97 Å². The monoisotopic (exact) mass is 289 g/mol. The number of carbonyl (C=O) groups is 1. The van der Waals surface area contributed by atoms with Crippen LogP contribution in [0.4, 0.5) is 0 Å². The number of methoxy groups -OCH3 is 1. The summed E-state index contributed by atoms with van der Waals surface area (Å²) < 4.78 is 10.7. The van der Waals surface area contributed by atoms with Crippen LogP contribution in [0.1, 0.15) is 40.4 Å². The first kappa shape index (κ1) is 15.1. The van der Waals surface area contributed by atoms with E-state index >= 15 is 0 Å². The van der Waals surface area contributed by atoms with Crippen LogP contribution in [0.15, 0.2) is 34.7 Å². The lowest BCUT2D eigenvalue weighted by Gasteiger charge is -2.16. The van der Waals surface area contributed by atoms with E-state index in [1.807, 2.05) is 31.2 Å². The van der Waals surface area contributed by atoms with Gasteiger partial charge >= 0.3 is 5.97 Å². The molecule has 5 heteroatoms. The first-order valence-electron chi connectivity index (χ1n) is 6.71. The number of hydrogen-bond donors (Lipinski definition) is 2. The topological polar surface area (TPSA) is 71.7 Å². The van der Waals surface area contributed by atoms with Crippen LogP contribution in [0.5, 0.6) is 5.75 Å². The summed E-state index contributed by atoms with van der Waals surface area (Å²) in [5.74, 6) is 0.374. The molecule has 0 fully saturated rings. The van der Waals surface area contributed by atoms with Crippen molar-refractivity contribution in [2.45, 2.75) is 26.4 Å². The van der Waals surface area contributed by atoms with E-state index in [9.17, 15) is 4.79 Å². The SMILES string of the molecule is COc1ccccc1[C@@H](C)NCc1cc(C)c(C(=O)O)o1. The van der Waals surface area contributed by atoms with Crippen LogP contribution in [0.2, 0.25) is 0 Å². The Hall–Kier alpha value is -2.27.